The zero-order chi connectivity index (χ0) is 21.3. The summed E-state index contributed by atoms with van der Waals surface area (Å²) in [7, 11) is 0. The molecule has 4 rings (SSSR count). The van der Waals surface area contributed by atoms with E-state index in [4.69, 9.17) is 0 Å². The standard InChI is InChI=1S/C25H30N4O.ClH/c1-16-8-9-21(14-18(16)3)29-24(20-10-12-26-13-11-20)22(15-27-29)25(30)28-23-7-5-6-17(2)19(23)4;/h5-9,14-15,20,26H,10-13H2,1-4H3,(H,28,30);1H. The minimum atomic E-state index is -0.0904. The van der Waals surface area contributed by atoms with E-state index in [1.807, 2.05) is 23.7 Å². The van der Waals surface area contributed by atoms with Crippen molar-refractivity contribution in [1.29, 1.82) is 0 Å². The molecule has 1 aromatic heterocycles. The molecule has 164 valence electrons. The first-order valence-electron chi connectivity index (χ1n) is 10.7. The Labute approximate surface area is 190 Å². The average Bonchev–Trinajstić information content (AvgIpc) is 3.19. The summed E-state index contributed by atoms with van der Waals surface area (Å²) in [5.74, 6) is 0.210. The van der Waals surface area contributed by atoms with E-state index < -0.39 is 0 Å². The number of piperidine rings is 1. The molecule has 1 saturated heterocycles. The van der Waals surface area contributed by atoms with Gasteiger partial charge in [-0.25, -0.2) is 4.68 Å². The van der Waals surface area contributed by atoms with Crippen LogP contribution < -0.4 is 10.6 Å². The smallest absolute Gasteiger partial charge is 0.259 e. The Kier molecular flexibility index (Phi) is 7.19. The van der Waals surface area contributed by atoms with Crippen LogP contribution in [0.25, 0.3) is 5.69 Å². The molecular weight excluding hydrogens is 408 g/mol. The summed E-state index contributed by atoms with van der Waals surface area (Å²) in [5.41, 5.74) is 8.28. The predicted molar refractivity (Wildman–Crippen MR) is 129 cm³/mol. The fraction of sp³-hybridized carbons (Fsp3) is 0.360. The van der Waals surface area contributed by atoms with Gasteiger partial charge >= 0.3 is 0 Å². The van der Waals surface area contributed by atoms with E-state index in [-0.39, 0.29) is 18.3 Å². The number of amides is 1. The molecule has 3 aromatic rings. The van der Waals surface area contributed by atoms with Crippen LogP contribution in [0.3, 0.4) is 0 Å². The third-order valence-electron chi connectivity index (χ3n) is 6.36. The lowest BCUT2D eigenvalue weighted by Gasteiger charge is -2.25. The summed E-state index contributed by atoms with van der Waals surface area (Å²) in [6.07, 6.45) is 3.73. The van der Waals surface area contributed by atoms with Crippen molar-refractivity contribution in [3.05, 3.63) is 76.1 Å². The van der Waals surface area contributed by atoms with Crippen LogP contribution in [0.2, 0.25) is 0 Å². The lowest BCUT2D eigenvalue weighted by molar-refractivity contribution is 0.102. The quantitative estimate of drug-likeness (QED) is 0.585. The van der Waals surface area contributed by atoms with Gasteiger partial charge in [0.1, 0.15) is 0 Å². The number of anilines is 1. The van der Waals surface area contributed by atoms with Crippen molar-refractivity contribution in [2.24, 2.45) is 0 Å². The molecule has 0 radical (unpaired) electrons. The van der Waals surface area contributed by atoms with E-state index in [1.54, 1.807) is 6.20 Å². The Morgan fingerprint density at radius 2 is 1.77 bits per heavy atom. The molecule has 2 N–H and O–H groups in total. The van der Waals surface area contributed by atoms with Gasteiger partial charge in [-0.05, 0) is 94.1 Å². The summed E-state index contributed by atoms with van der Waals surface area (Å²) in [6.45, 7) is 10.2. The highest BCUT2D eigenvalue weighted by Crippen LogP contribution is 2.31. The summed E-state index contributed by atoms with van der Waals surface area (Å²) in [6, 6.07) is 12.4. The predicted octanol–water partition coefficient (Wildman–Crippen LogP) is 5.25. The second-order valence-corrected chi connectivity index (χ2v) is 8.35. The molecule has 5 nitrogen and oxygen atoms in total. The van der Waals surface area contributed by atoms with Crippen LogP contribution >= 0.6 is 12.4 Å². The largest absolute Gasteiger partial charge is 0.322 e. The Morgan fingerprint density at radius 3 is 2.48 bits per heavy atom. The lowest BCUT2D eigenvalue weighted by Crippen LogP contribution is -2.29. The van der Waals surface area contributed by atoms with Crippen LogP contribution in [-0.4, -0.2) is 28.8 Å². The van der Waals surface area contributed by atoms with Gasteiger partial charge in [-0.2, -0.15) is 5.10 Å². The SMILES string of the molecule is Cc1ccc(-n2ncc(C(=O)Nc3cccc(C)c3C)c2C2CCNCC2)cc1C.Cl. The summed E-state index contributed by atoms with van der Waals surface area (Å²) < 4.78 is 1.97. The molecule has 1 fully saturated rings. The number of hydrogen-bond acceptors (Lipinski definition) is 3. The van der Waals surface area contributed by atoms with Crippen LogP contribution in [-0.2, 0) is 0 Å². The van der Waals surface area contributed by atoms with E-state index >= 15 is 0 Å². The molecule has 31 heavy (non-hydrogen) atoms. The van der Waals surface area contributed by atoms with Gasteiger partial charge < -0.3 is 10.6 Å². The summed E-state index contributed by atoms with van der Waals surface area (Å²) in [5, 5.41) is 11.2. The molecular formula is C25H31ClN4O. The van der Waals surface area contributed by atoms with Crippen molar-refractivity contribution in [3.8, 4) is 5.69 Å². The number of aromatic nitrogens is 2. The highest BCUT2D eigenvalue weighted by Gasteiger charge is 2.27. The maximum Gasteiger partial charge on any atom is 0.259 e. The monoisotopic (exact) mass is 438 g/mol. The third-order valence-corrected chi connectivity index (χ3v) is 6.36. The van der Waals surface area contributed by atoms with Gasteiger partial charge in [0.25, 0.3) is 5.91 Å². The van der Waals surface area contributed by atoms with Crippen molar-refractivity contribution < 1.29 is 4.79 Å². The first-order chi connectivity index (χ1) is 14.5. The Bertz CT molecular complexity index is 1080. The van der Waals surface area contributed by atoms with Gasteiger partial charge in [-0.3, -0.25) is 4.79 Å². The molecule has 0 saturated carbocycles. The lowest BCUT2D eigenvalue weighted by atomic mass is 9.91. The number of hydrogen-bond donors (Lipinski definition) is 2. The summed E-state index contributed by atoms with van der Waals surface area (Å²) >= 11 is 0. The average molecular weight is 439 g/mol. The second kappa shape index (κ2) is 9.67. The summed E-state index contributed by atoms with van der Waals surface area (Å²) in [4.78, 5) is 13.3. The van der Waals surface area contributed by atoms with Crippen LogP contribution in [0.1, 0.15) is 57.1 Å². The van der Waals surface area contributed by atoms with Gasteiger partial charge in [0, 0.05) is 11.6 Å². The number of nitrogens with one attached hydrogen (secondary N) is 2. The maximum absolute atomic E-state index is 13.3. The van der Waals surface area contributed by atoms with E-state index in [0.717, 1.165) is 54.1 Å². The minimum absolute atomic E-state index is 0. The Balaban J connectivity index is 0.00000272. The molecule has 2 heterocycles. The van der Waals surface area contributed by atoms with Crippen LogP contribution in [0.5, 0.6) is 0 Å². The van der Waals surface area contributed by atoms with Gasteiger partial charge in [0.2, 0.25) is 0 Å². The fourth-order valence-corrected chi connectivity index (χ4v) is 4.16. The molecule has 0 spiro atoms. The van der Waals surface area contributed by atoms with E-state index in [9.17, 15) is 4.79 Å². The second-order valence-electron chi connectivity index (χ2n) is 8.35. The molecule has 1 amide bonds. The van der Waals surface area contributed by atoms with Gasteiger partial charge in [-0.15, -0.1) is 12.4 Å². The Hall–Kier alpha value is -2.63. The number of carbonyl (C=O) groups is 1. The number of rotatable bonds is 4. The molecule has 0 aliphatic carbocycles. The zero-order valence-corrected chi connectivity index (χ0v) is 19.5. The molecule has 0 atom stereocenters. The van der Waals surface area contributed by atoms with Crippen molar-refractivity contribution in [1.82, 2.24) is 15.1 Å². The van der Waals surface area contributed by atoms with Gasteiger partial charge in [0.15, 0.2) is 0 Å². The fourth-order valence-electron chi connectivity index (χ4n) is 4.16. The maximum atomic E-state index is 13.3. The van der Waals surface area contributed by atoms with E-state index in [2.05, 4.69) is 60.8 Å². The molecule has 0 unspecified atom stereocenters. The number of carbonyl (C=O) groups excluding carboxylic acids is 1. The van der Waals surface area contributed by atoms with Crippen molar-refractivity contribution in [3.63, 3.8) is 0 Å². The molecule has 2 aromatic carbocycles. The third kappa shape index (κ3) is 4.68. The van der Waals surface area contributed by atoms with Crippen molar-refractivity contribution in [2.45, 2.75) is 46.5 Å². The highest BCUT2D eigenvalue weighted by molar-refractivity contribution is 6.05. The van der Waals surface area contributed by atoms with E-state index in [0.29, 0.717) is 11.5 Å². The van der Waals surface area contributed by atoms with Crippen LogP contribution in [0, 0.1) is 27.7 Å². The zero-order valence-electron chi connectivity index (χ0n) is 18.7. The minimum Gasteiger partial charge on any atom is -0.322 e. The number of nitrogens with zero attached hydrogens (tertiary/aromatic N) is 2. The van der Waals surface area contributed by atoms with Crippen molar-refractivity contribution in [2.75, 3.05) is 18.4 Å². The molecule has 0 bridgehead atoms. The van der Waals surface area contributed by atoms with Gasteiger partial charge in [0.05, 0.1) is 23.1 Å². The Morgan fingerprint density at radius 1 is 1.03 bits per heavy atom. The van der Waals surface area contributed by atoms with Crippen LogP contribution in [0.4, 0.5) is 5.69 Å². The van der Waals surface area contributed by atoms with Gasteiger partial charge in [-0.1, -0.05) is 18.2 Å². The first kappa shape index (κ1) is 23.0. The molecule has 1 aliphatic rings. The van der Waals surface area contributed by atoms with Crippen LogP contribution in [0.15, 0.2) is 42.6 Å². The van der Waals surface area contributed by atoms with E-state index in [1.165, 1.54) is 11.1 Å². The normalized spacial score (nSPS) is 14.2. The first-order valence-corrected chi connectivity index (χ1v) is 10.7. The highest BCUT2D eigenvalue weighted by atomic mass is 35.5. The topological polar surface area (TPSA) is 59.0 Å². The number of halogens is 1. The number of aryl methyl sites for hydroxylation is 3. The molecule has 6 heteroatoms. The number of benzene rings is 2. The van der Waals surface area contributed by atoms with Crippen molar-refractivity contribution >= 4 is 24.0 Å². The molecule has 1 aliphatic heterocycles.